The Balaban J connectivity index is 2.64. The minimum atomic E-state index is 0.0823. The summed E-state index contributed by atoms with van der Waals surface area (Å²) in [6, 6.07) is 5.71. The first-order valence-electron chi connectivity index (χ1n) is 5.23. The van der Waals surface area contributed by atoms with Gasteiger partial charge in [0.1, 0.15) is 0 Å². The molecule has 0 saturated heterocycles. The molecule has 1 N–H and O–H groups in total. The molecule has 1 aromatic rings. The number of rotatable bonds is 4. The predicted molar refractivity (Wildman–Crippen MR) is 66.6 cm³/mol. The number of thiol groups is 1. The van der Waals surface area contributed by atoms with Crippen molar-refractivity contribution in [3.05, 3.63) is 23.8 Å². The maximum atomic E-state index is 11.5. The number of hydrogen-bond acceptors (Lipinski definition) is 2. The van der Waals surface area contributed by atoms with E-state index in [-0.39, 0.29) is 5.91 Å². The largest absolute Gasteiger partial charge is 0.326 e. The van der Waals surface area contributed by atoms with Crippen LogP contribution in [0.1, 0.15) is 31.7 Å². The van der Waals surface area contributed by atoms with E-state index in [9.17, 15) is 4.79 Å². The van der Waals surface area contributed by atoms with Gasteiger partial charge < -0.3 is 5.32 Å². The lowest BCUT2D eigenvalue weighted by Gasteiger charge is -2.09. The molecular formula is C12H17NOS. The van der Waals surface area contributed by atoms with Gasteiger partial charge in [0.2, 0.25) is 5.91 Å². The number of nitrogens with one attached hydrogen (secondary N) is 1. The number of carbonyl (C=O) groups is 1. The highest BCUT2D eigenvalue weighted by Gasteiger charge is 2.05. The summed E-state index contributed by atoms with van der Waals surface area (Å²) in [6.07, 6.45) is 2.57. The highest BCUT2D eigenvalue weighted by molar-refractivity contribution is 7.80. The second kappa shape index (κ2) is 5.81. The van der Waals surface area contributed by atoms with Crippen molar-refractivity contribution in [3.8, 4) is 0 Å². The summed E-state index contributed by atoms with van der Waals surface area (Å²) in [5.41, 5.74) is 1.88. The average Bonchev–Trinajstić information content (AvgIpc) is 2.22. The Morgan fingerprint density at radius 2 is 2.20 bits per heavy atom. The maximum absolute atomic E-state index is 11.5. The van der Waals surface area contributed by atoms with Gasteiger partial charge in [0.05, 0.1) is 0 Å². The van der Waals surface area contributed by atoms with Crippen molar-refractivity contribution in [2.24, 2.45) is 0 Å². The summed E-state index contributed by atoms with van der Waals surface area (Å²) in [5, 5.41) is 2.90. The Bertz CT molecular complexity index is 349. The second-order valence-electron chi connectivity index (χ2n) is 3.60. The second-order valence-corrected chi connectivity index (χ2v) is 4.08. The molecule has 2 nitrogen and oxygen atoms in total. The van der Waals surface area contributed by atoms with E-state index in [4.69, 9.17) is 0 Å². The van der Waals surface area contributed by atoms with E-state index in [0.29, 0.717) is 6.42 Å². The van der Waals surface area contributed by atoms with Crippen molar-refractivity contribution in [2.75, 3.05) is 5.32 Å². The Morgan fingerprint density at radius 3 is 2.87 bits per heavy atom. The van der Waals surface area contributed by atoms with Crippen LogP contribution < -0.4 is 5.32 Å². The minimum Gasteiger partial charge on any atom is -0.326 e. The van der Waals surface area contributed by atoms with E-state index in [1.807, 2.05) is 25.1 Å². The maximum Gasteiger partial charge on any atom is 0.224 e. The third-order valence-electron chi connectivity index (χ3n) is 2.34. The van der Waals surface area contributed by atoms with Gasteiger partial charge in [-0.1, -0.05) is 19.4 Å². The molecule has 0 atom stereocenters. The van der Waals surface area contributed by atoms with E-state index in [1.54, 1.807) is 0 Å². The molecule has 1 amide bonds. The minimum absolute atomic E-state index is 0.0823. The number of amides is 1. The van der Waals surface area contributed by atoms with Crippen LogP contribution in [0.2, 0.25) is 0 Å². The van der Waals surface area contributed by atoms with Crippen LogP contribution in [0.25, 0.3) is 0 Å². The Labute approximate surface area is 96.5 Å². The molecule has 0 aromatic heterocycles. The van der Waals surface area contributed by atoms with Crippen molar-refractivity contribution in [1.29, 1.82) is 0 Å². The molecule has 82 valence electrons. The summed E-state index contributed by atoms with van der Waals surface area (Å²) >= 11 is 4.31. The molecule has 0 saturated carbocycles. The van der Waals surface area contributed by atoms with E-state index in [0.717, 1.165) is 29.0 Å². The molecule has 0 heterocycles. The van der Waals surface area contributed by atoms with Gasteiger partial charge in [-0.25, -0.2) is 0 Å². The first-order valence-corrected chi connectivity index (χ1v) is 5.68. The summed E-state index contributed by atoms with van der Waals surface area (Å²) in [4.78, 5) is 12.4. The molecule has 0 aliphatic carbocycles. The van der Waals surface area contributed by atoms with Crippen LogP contribution in [0.3, 0.4) is 0 Å². The van der Waals surface area contributed by atoms with Crippen LogP contribution in [-0.4, -0.2) is 5.91 Å². The molecule has 0 aliphatic rings. The number of hydrogen-bond donors (Lipinski definition) is 2. The van der Waals surface area contributed by atoms with Gasteiger partial charge >= 0.3 is 0 Å². The van der Waals surface area contributed by atoms with Crippen LogP contribution in [0.4, 0.5) is 5.69 Å². The molecule has 1 rings (SSSR count). The van der Waals surface area contributed by atoms with Gasteiger partial charge in [-0.15, -0.1) is 12.6 Å². The predicted octanol–water partition coefficient (Wildman–Crippen LogP) is 3.41. The van der Waals surface area contributed by atoms with Gasteiger partial charge in [-0.3, -0.25) is 4.79 Å². The van der Waals surface area contributed by atoms with E-state index in [2.05, 4.69) is 24.9 Å². The first kappa shape index (κ1) is 12.1. The zero-order valence-electron chi connectivity index (χ0n) is 9.21. The van der Waals surface area contributed by atoms with Crippen LogP contribution in [0, 0.1) is 6.92 Å². The zero-order chi connectivity index (χ0) is 11.3. The molecule has 1 aromatic carbocycles. The first-order chi connectivity index (χ1) is 7.15. The fourth-order valence-electron chi connectivity index (χ4n) is 1.31. The molecule has 0 bridgehead atoms. The Kier molecular flexibility index (Phi) is 4.69. The van der Waals surface area contributed by atoms with Crippen LogP contribution in [0.15, 0.2) is 23.1 Å². The Morgan fingerprint density at radius 1 is 1.47 bits per heavy atom. The summed E-state index contributed by atoms with van der Waals surface area (Å²) in [5.74, 6) is 0.0823. The van der Waals surface area contributed by atoms with Gasteiger partial charge in [-0.2, -0.15) is 0 Å². The fourth-order valence-corrected chi connectivity index (χ4v) is 1.52. The summed E-state index contributed by atoms with van der Waals surface area (Å²) < 4.78 is 0. The number of unbranched alkanes of at least 4 members (excludes halogenated alkanes) is 1. The van der Waals surface area contributed by atoms with E-state index < -0.39 is 0 Å². The molecule has 0 unspecified atom stereocenters. The summed E-state index contributed by atoms with van der Waals surface area (Å²) in [7, 11) is 0. The third-order valence-corrected chi connectivity index (χ3v) is 2.82. The highest BCUT2D eigenvalue weighted by Crippen LogP contribution is 2.21. The van der Waals surface area contributed by atoms with Crippen molar-refractivity contribution >= 4 is 24.2 Å². The van der Waals surface area contributed by atoms with Gasteiger partial charge in [0, 0.05) is 17.0 Å². The molecule has 3 heteroatoms. The lowest BCUT2D eigenvalue weighted by atomic mass is 10.2. The monoisotopic (exact) mass is 223 g/mol. The molecule has 0 aliphatic heterocycles. The van der Waals surface area contributed by atoms with Crippen molar-refractivity contribution in [3.63, 3.8) is 0 Å². The van der Waals surface area contributed by atoms with Crippen LogP contribution in [-0.2, 0) is 4.79 Å². The molecular weight excluding hydrogens is 206 g/mol. The smallest absolute Gasteiger partial charge is 0.224 e. The fraction of sp³-hybridized carbons (Fsp3) is 0.417. The topological polar surface area (TPSA) is 29.1 Å². The van der Waals surface area contributed by atoms with Crippen LogP contribution in [0.5, 0.6) is 0 Å². The molecule has 0 spiro atoms. The third kappa shape index (κ3) is 3.59. The van der Waals surface area contributed by atoms with Crippen molar-refractivity contribution in [2.45, 2.75) is 38.0 Å². The number of carbonyl (C=O) groups excluding carboxylic acids is 1. The van der Waals surface area contributed by atoms with Gasteiger partial charge in [0.15, 0.2) is 0 Å². The normalized spacial score (nSPS) is 10.1. The van der Waals surface area contributed by atoms with Crippen LogP contribution >= 0.6 is 12.6 Å². The van der Waals surface area contributed by atoms with Crippen molar-refractivity contribution < 1.29 is 4.79 Å². The standard InChI is InChI=1S/C12H17NOS/c1-3-4-8-12(14)13-10-6-5-7-11(15)9(10)2/h5-7,15H,3-4,8H2,1-2H3,(H,13,14). The number of anilines is 1. The zero-order valence-corrected chi connectivity index (χ0v) is 10.1. The molecule has 15 heavy (non-hydrogen) atoms. The highest BCUT2D eigenvalue weighted by atomic mass is 32.1. The average molecular weight is 223 g/mol. The molecule has 0 fully saturated rings. The Hall–Kier alpha value is -0.960. The lowest BCUT2D eigenvalue weighted by molar-refractivity contribution is -0.116. The lowest BCUT2D eigenvalue weighted by Crippen LogP contribution is -2.11. The van der Waals surface area contributed by atoms with Gasteiger partial charge in [0.25, 0.3) is 0 Å². The quantitative estimate of drug-likeness (QED) is 0.752. The van der Waals surface area contributed by atoms with Gasteiger partial charge in [-0.05, 0) is 31.0 Å². The van der Waals surface area contributed by atoms with E-state index in [1.165, 1.54) is 0 Å². The number of benzene rings is 1. The summed E-state index contributed by atoms with van der Waals surface area (Å²) in [6.45, 7) is 4.03. The van der Waals surface area contributed by atoms with Crippen molar-refractivity contribution in [1.82, 2.24) is 0 Å². The SMILES string of the molecule is CCCCC(=O)Nc1cccc(S)c1C. The van der Waals surface area contributed by atoms with E-state index >= 15 is 0 Å². The molecule has 0 radical (unpaired) electrons.